The van der Waals surface area contributed by atoms with Gasteiger partial charge in [-0.1, -0.05) is 13.8 Å². The van der Waals surface area contributed by atoms with E-state index in [1.807, 2.05) is 0 Å². The first-order valence-corrected chi connectivity index (χ1v) is 6.51. The molecule has 0 aromatic heterocycles. The van der Waals surface area contributed by atoms with Crippen LogP contribution >= 0.6 is 0 Å². The number of carbonyl (C=O) groups is 6. The maximum absolute atomic E-state index is 9.70. The fourth-order valence-electron chi connectivity index (χ4n) is 0. The predicted molar refractivity (Wildman–Crippen MR) is 89.0 cm³/mol. The number of aliphatic carboxylic acids is 6. The summed E-state index contributed by atoms with van der Waals surface area (Å²) < 4.78 is 0. The van der Waals surface area contributed by atoms with Gasteiger partial charge in [0, 0.05) is 34.6 Å². The third-order valence-corrected chi connectivity index (χ3v) is 0.494. The van der Waals surface area contributed by atoms with Gasteiger partial charge in [-0.15, -0.1) is 0 Å². The highest BCUT2D eigenvalue weighted by molar-refractivity contribution is 5.68. The lowest BCUT2D eigenvalue weighted by Crippen LogP contribution is -2.03. The van der Waals surface area contributed by atoms with Crippen molar-refractivity contribution in [3.05, 3.63) is 0 Å². The molecule has 0 rings (SSSR count). The minimum Gasteiger partial charge on any atom is -0.481 e. The summed E-state index contributed by atoms with van der Waals surface area (Å²) >= 11 is 0. The Bertz CT molecular complexity index is 322. The van der Waals surface area contributed by atoms with Crippen molar-refractivity contribution in [1.29, 1.82) is 0 Å². The van der Waals surface area contributed by atoms with Crippen molar-refractivity contribution in [1.82, 2.24) is 0 Å². The molecule has 12 nitrogen and oxygen atoms in total. The monoisotopic (exact) mass is 388 g/mol. The molecule has 0 spiro atoms. The Morgan fingerprint density at radius 1 is 0.462 bits per heavy atom. The van der Waals surface area contributed by atoms with Crippen LogP contribution in [0.4, 0.5) is 0 Å². The van der Waals surface area contributed by atoms with Crippen LogP contribution in [0.25, 0.3) is 0 Å². The van der Waals surface area contributed by atoms with Gasteiger partial charge in [0.2, 0.25) is 0 Å². The average molecular weight is 388 g/mol. The summed E-state index contributed by atoms with van der Waals surface area (Å²) in [7, 11) is 0. The first-order chi connectivity index (χ1) is 11.3. The predicted octanol–water partition coefficient (Wildman–Crippen LogP) is 1.18. The third kappa shape index (κ3) is 12200. The number of carboxylic acid groups (broad SMARTS) is 6. The Labute approximate surface area is 150 Å². The Morgan fingerprint density at radius 3 is 0.500 bits per heavy atom. The molecule has 0 aliphatic rings. The first kappa shape index (κ1) is 38.4. The van der Waals surface area contributed by atoms with E-state index in [0.29, 0.717) is 0 Å². The minimum absolute atomic E-state index is 0.231. The molecule has 0 aromatic rings. The van der Waals surface area contributed by atoms with E-state index in [9.17, 15) is 4.79 Å². The van der Waals surface area contributed by atoms with Crippen molar-refractivity contribution in [2.45, 2.75) is 48.5 Å². The van der Waals surface area contributed by atoms with E-state index >= 15 is 0 Å². The van der Waals surface area contributed by atoms with Crippen molar-refractivity contribution in [2.75, 3.05) is 0 Å². The molecule has 12 heteroatoms. The van der Waals surface area contributed by atoms with Crippen LogP contribution in [0.5, 0.6) is 0 Å². The molecule has 6 N–H and O–H groups in total. The number of rotatable bonds is 1. The largest absolute Gasteiger partial charge is 0.481 e. The van der Waals surface area contributed by atoms with Gasteiger partial charge in [0.1, 0.15) is 0 Å². The van der Waals surface area contributed by atoms with Gasteiger partial charge >= 0.3 is 5.97 Å². The lowest BCUT2D eigenvalue weighted by molar-refractivity contribution is -0.140. The number of hydrogen-bond donors (Lipinski definition) is 6. The summed E-state index contributed by atoms with van der Waals surface area (Å²) in [4.78, 5) is 54.7. The van der Waals surface area contributed by atoms with E-state index in [4.69, 9.17) is 54.6 Å². The van der Waals surface area contributed by atoms with Crippen LogP contribution < -0.4 is 0 Å². The lowest BCUT2D eigenvalue weighted by Gasteiger charge is -1.89. The highest BCUT2D eigenvalue weighted by Crippen LogP contribution is 1.87. The standard InChI is InChI=1S/C4H8O2.5C2H4O2/c1-3(2)4(5)6;5*1-2(3)4/h3H,1-2H3,(H,5,6);5*1H3,(H,3,4). The van der Waals surface area contributed by atoms with Gasteiger partial charge in [-0.25, -0.2) is 0 Å². The molecule has 0 amide bonds. The minimum atomic E-state index is -0.833. The molecule has 156 valence electrons. The van der Waals surface area contributed by atoms with Crippen LogP contribution in [0.1, 0.15) is 48.5 Å². The van der Waals surface area contributed by atoms with Crippen molar-refractivity contribution < 1.29 is 59.4 Å². The summed E-state index contributed by atoms with van der Waals surface area (Å²) in [5, 5.41) is 45.1. The third-order valence-electron chi connectivity index (χ3n) is 0.494. The molecule has 0 radical (unpaired) electrons. The highest BCUT2D eigenvalue weighted by Gasteiger charge is 1.99. The molecule has 0 fully saturated rings. The van der Waals surface area contributed by atoms with Gasteiger partial charge in [0.05, 0.1) is 5.92 Å². The summed E-state index contributed by atoms with van der Waals surface area (Å²) in [6, 6.07) is 0. The van der Waals surface area contributed by atoms with Crippen LogP contribution in [0.3, 0.4) is 0 Å². The molecule has 0 unspecified atom stereocenters. The number of carboxylic acids is 6. The normalized spacial score (nSPS) is 6.92. The molecular weight excluding hydrogens is 360 g/mol. The van der Waals surface area contributed by atoms with Crippen molar-refractivity contribution in [3.63, 3.8) is 0 Å². The molecular formula is C14H28O12. The SMILES string of the molecule is CC(=O)O.CC(=O)O.CC(=O)O.CC(=O)O.CC(=O)O.CC(C)C(=O)O. The Hall–Kier alpha value is -3.18. The second-order valence-electron chi connectivity index (χ2n) is 4.09. The van der Waals surface area contributed by atoms with E-state index in [2.05, 4.69) is 0 Å². The molecule has 0 aliphatic carbocycles. The van der Waals surface area contributed by atoms with Gasteiger partial charge in [-0.3, -0.25) is 28.8 Å². The van der Waals surface area contributed by atoms with Crippen LogP contribution in [0, 0.1) is 5.92 Å². The number of hydrogen-bond acceptors (Lipinski definition) is 6. The van der Waals surface area contributed by atoms with E-state index in [1.54, 1.807) is 13.8 Å². The summed E-state index contributed by atoms with van der Waals surface area (Å²) in [5.41, 5.74) is 0. The van der Waals surface area contributed by atoms with Gasteiger partial charge in [0.25, 0.3) is 29.8 Å². The van der Waals surface area contributed by atoms with E-state index in [1.165, 1.54) is 0 Å². The summed E-state index contributed by atoms with van der Waals surface area (Å²) in [6.07, 6.45) is 0. The smallest absolute Gasteiger partial charge is 0.305 e. The zero-order valence-corrected chi connectivity index (χ0v) is 15.7. The second-order valence-corrected chi connectivity index (χ2v) is 4.09. The molecule has 0 aromatic carbocycles. The fourth-order valence-corrected chi connectivity index (χ4v) is 0. The average Bonchev–Trinajstić information content (AvgIpc) is 2.23. The van der Waals surface area contributed by atoms with Crippen LogP contribution in [-0.2, 0) is 28.8 Å². The summed E-state index contributed by atoms with van der Waals surface area (Å²) in [5.74, 6) is -5.14. The van der Waals surface area contributed by atoms with Gasteiger partial charge in [-0.05, 0) is 0 Å². The van der Waals surface area contributed by atoms with Crippen LogP contribution in [-0.4, -0.2) is 66.5 Å². The van der Waals surface area contributed by atoms with Crippen molar-refractivity contribution in [3.8, 4) is 0 Å². The zero-order chi connectivity index (χ0) is 23.0. The van der Waals surface area contributed by atoms with Crippen molar-refractivity contribution >= 4 is 35.8 Å². The molecule has 0 heterocycles. The van der Waals surface area contributed by atoms with Gasteiger partial charge < -0.3 is 30.6 Å². The Balaban J connectivity index is -0.0000000466. The Kier molecular flexibility index (Phi) is 44.0. The van der Waals surface area contributed by atoms with Crippen LogP contribution in [0.15, 0.2) is 0 Å². The fraction of sp³-hybridized carbons (Fsp3) is 0.571. The molecule has 0 saturated carbocycles. The topological polar surface area (TPSA) is 224 Å². The molecule has 0 atom stereocenters. The first-order valence-electron chi connectivity index (χ1n) is 6.51. The van der Waals surface area contributed by atoms with E-state index < -0.39 is 35.8 Å². The molecule has 0 saturated heterocycles. The zero-order valence-electron chi connectivity index (χ0n) is 15.7. The summed E-state index contributed by atoms with van der Waals surface area (Å²) in [6.45, 7) is 8.70. The van der Waals surface area contributed by atoms with Gasteiger partial charge in [0.15, 0.2) is 0 Å². The van der Waals surface area contributed by atoms with Crippen LogP contribution in [0.2, 0.25) is 0 Å². The quantitative estimate of drug-likeness (QED) is 0.372. The molecule has 26 heavy (non-hydrogen) atoms. The molecule has 0 bridgehead atoms. The Morgan fingerprint density at radius 2 is 0.500 bits per heavy atom. The van der Waals surface area contributed by atoms with E-state index in [0.717, 1.165) is 34.6 Å². The second kappa shape index (κ2) is 29.8. The maximum atomic E-state index is 9.70. The van der Waals surface area contributed by atoms with E-state index in [-0.39, 0.29) is 5.92 Å². The lowest BCUT2D eigenvalue weighted by atomic mass is 10.2. The maximum Gasteiger partial charge on any atom is 0.305 e. The molecule has 0 aliphatic heterocycles. The van der Waals surface area contributed by atoms with Gasteiger partial charge in [-0.2, -0.15) is 0 Å². The highest BCUT2D eigenvalue weighted by atomic mass is 16.4. The van der Waals surface area contributed by atoms with Crippen molar-refractivity contribution in [2.24, 2.45) is 5.92 Å².